The molecule has 0 saturated heterocycles. The van der Waals surface area contributed by atoms with E-state index < -0.39 is 15.9 Å². The summed E-state index contributed by atoms with van der Waals surface area (Å²) in [7, 11) is -3.98. The lowest BCUT2D eigenvalue weighted by molar-refractivity contribution is 0.0954. The molecular weight excluding hydrogens is 302 g/mol. The maximum Gasteiger partial charge on any atom is 0.271 e. The van der Waals surface area contributed by atoms with Crippen molar-refractivity contribution in [2.45, 2.75) is 31.6 Å². The van der Waals surface area contributed by atoms with Crippen LogP contribution in [0.4, 0.5) is 0 Å². The minimum Gasteiger partial charge on any atom is -0.267 e. The number of hydrogen-bond donors (Lipinski definition) is 2. The van der Waals surface area contributed by atoms with Gasteiger partial charge in [-0.2, -0.15) is 5.10 Å². The summed E-state index contributed by atoms with van der Waals surface area (Å²) in [5, 5.41) is 8.94. The number of nitrogens with one attached hydrogen (secondary N) is 1. The summed E-state index contributed by atoms with van der Waals surface area (Å²) in [5.74, 6) is -0.522. The maximum atomic E-state index is 11.9. The molecule has 1 amide bonds. The number of rotatable bonds is 5. The number of nitrogens with two attached hydrogens (primary N) is 1. The van der Waals surface area contributed by atoms with E-state index in [9.17, 15) is 13.2 Å². The lowest BCUT2D eigenvalue weighted by atomic mass is 10.2. The Labute approximate surface area is 123 Å². The number of halogens is 1. The molecule has 8 heteroatoms. The monoisotopic (exact) mass is 317 g/mol. The fraction of sp³-hybridized carbons (Fsp3) is 0.333. The van der Waals surface area contributed by atoms with Gasteiger partial charge in [-0.3, -0.25) is 4.79 Å². The van der Waals surface area contributed by atoms with Crippen LogP contribution >= 0.6 is 11.6 Å². The van der Waals surface area contributed by atoms with Crippen LogP contribution in [0.2, 0.25) is 5.02 Å². The van der Waals surface area contributed by atoms with E-state index in [2.05, 4.69) is 10.5 Å². The highest BCUT2D eigenvalue weighted by atomic mass is 35.5. The van der Waals surface area contributed by atoms with Gasteiger partial charge in [-0.1, -0.05) is 25.4 Å². The Bertz CT molecular complexity index is 635. The van der Waals surface area contributed by atoms with Crippen LogP contribution in [0, 0.1) is 0 Å². The van der Waals surface area contributed by atoms with Gasteiger partial charge in [-0.05, 0) is 31.0 Å². The van der Waals surface area contributed by atoms with E-state index in [1.54, 1.807) is 0 Å². The number of carbonyl (C=O) groups is 1. The molecule has 0 aliphatic carbocycles. The van der Waals surface area contributed by atoms with E-state index in [-0.39, 0.29) is 15.5 Å². The number of benzene rings is 1. The van der Waals surface area contributed by atoms with Crippen molar-refractivity contribution in [3.63, 3.8) is 0 Å². The van der Waals surface area contributed by atoms with Gasteiger partial charge >= 0.3 is 0 Å². The molecular formula is C12H16ClN3O3S. The van der Waals surface area contributed by atoms with Gasteiger partial charge in [0.2, 0.25) is 10.0 Å². The molecule has 0 radical (unpaired) electrons. The van der Waals surface area contributed by atoms with Crippen molar-refractivity contribution in [2.75, 3.05) is 0 Å². The third-order valence-electron chi connectivity index (χ3n) is 2.63. The van der Waals surface area contributed by atoms with E-state index in [1.807, 2.05) is 13.8 Å². The van der Waals surface area contributed by atoms with Gasteiger partial charge in [0.05, 0.1) is 5.02 Å². The van der Waals surface area contributed by atoms with E-state index in [0.29, 0.717) is 0 Å². The topological polar surface area (TPSA) is 102 Å². The zero-order valence-corrected chi connectivity index (χ0v) is 12.8. The van der Waals surface area contributed by atoms with Crippen LogP contribution in [-0.2, 0) is 10.0 Å². The van der Waals surface area contributed by atoms with Crippen LogP contribution in [0.3, 0.4) is 0 Å². The van der Waals surface area contributed by atoms with Gasteiger partial charge in [0.1, 0.15) is 4.90 Å². The molecule has 20 heavy (non-hydrogen) atoms. The minimum atomic E-state index is -3.98. The Morgan fingerprint density at radius 1 is 1.35 bits per heavy atom. The standard InChI is InChI=1S/C12H16ClN3O3S/c1-3-9(4-2)15-16-12(17)8-5-6-10(13)11(7-8)20(14,18)19/h5-7H,3-4H2,1-2H3,(H,16,17)(H2,14,18,19). The minimum absolute atomic E-state index is 0.0321. The molecule has 0 heterocycles. The molecule has 110 valence electrons. The second kappa shape index (κ2) is 6.83. The Kier molecular flexibility index (Phi) is 5.67. The van der Waals surface area contributed by atoms with Gasteiger partial charge in [-0.25, -0.2) is 19.0 Å². The average molecular weight is 318 g/mol. The SMILES string of the molecule is CCC(CC)=NNC(=O)c1ccc(Cl)c(S(N)(=O)=O)c1. The fourth-order valence-electron chi connectivity index (χ4n) is 1.47. The number of sulfonamides is 1. The van der Waals surface area contributed by atoms with Crippen molar-refractivity contribution in [3.05, 3.63) is 28.8 Å². The van der Waals surface area contributed by atoms with Crippen molar-refractivity contribution in [3.8, 4) is 0 Å². The maximum absolute atomic E-state index is 11.9. The van der Waals surface area contributed by atoms with Gasteiger partial charge in [0.25, 0.3) is 5.91 Å². The first-order valence-corrected chi connectivity index (χ1v) is 7.90. The van der Waals surface area contributed by atoms with Gasteiger partial charge in [0.15, 0.2) is 0 Å². The van der Waals surface area contributed by atoms with Gasteiger partial charge < -0.3 is 0 Å². The predicted molar refractivity (Wildman–Crippen MR) is 78.3 cm³/mol. The smallest absolute Gasteiger partial charge is 0.267 e. The lowest BCUT2D eigenvalue weighted by Crippen LogP contribution is -2.20. The van der Waals surface area contributed by atoms with E-state index >= 15 is 0 Å². The molecule has 0 aromatic heterocycles. The molecule has 0 aliphatic rings. The summed E-state index contributed by atoms with van der Waals surface area (Å²) in [6, 6.07) is 3.83. The molecule has 0 atom stereocenters. The summed E-state index contributed by atoms with van der Waals surface area (Å²) in [5.41, 5.74) is 3.32. The van der Waals surface area contributed by atoms with Crippen molar-refractivity contribution < 1.29 is 13.2 Å². The normalized spacial score (nSPS) is 11.0. The largest absolute Gasteiger partial charge is 0.271 e. The van der Waals surface area contributed by atoms with Crippen LogP contribution < -0.4 is 10.6 Å². The van der Waals surface area contributed by atoms with Crippen LogP contribution in [-0.4, -0.2) is 20.0 Å². The third kappa shape index (κ3) is 4.29. The van der Waals surface area contributed by atoms with E-state index in [0.717, 1.165) is 24.6 Å². The zero-order valence-electron chi connectivity index (χ0n) is 11.2. The Morgan fingerprint density at radius 3 is 2.45 bits per heavy atom. The first kappa shape index (κ1) is 16.6. The molecule has 0 bridgehead atoms. The lowest BCUT2D eigenvalue weighted by Gasteiger charge is -2.06. The molecule has 0 saturated carbocycles. The summed E-state index contributed by atoms with van der Waals surface area (Å²) < 4.78 is 22.6. The number of nitrogens with zero attached hydrogens (tertiary/aromatic N) is 1. The van der Waals surface area contributed by atoms with E-state index in [1.165, 1.54) is 12.1 Å². The van der Waals surface area contributed by atoms with Crippen molar-refractivity contribution >= 4 is 33.2 Å². The fourth-order valence-corrected chi connectivity index (χ4v) is 2.54. The highest BCUT2D eigenvalue weighted by Gasteiger charge is 2.16. The second-order valence-corrected chi connectivity index (χ2v) is 5.95. The summed E-state index contributed by atoms with van der Waals surface area (Å²) >= 11 is 5.74. The molecule has 3 N–H and O–H groups in total. The molecule has 0 unspecified atom stereocenters. The van der Waals surface area contributed by atoms with Crippen LogP contribution in [0.5, 0.6) is 0 Å². The van der Waals surface area contributed by atoms with Crippen molar-refractivity contribution in [1.82, 2.24) is 5.43 Å². The van der Waals surface area contributed by atoms with Crippen LogP contribution in [0.1, 0.15) is 37.0 Å². The van der Waals surface area contributed by atoms with Gasteiger partial charge in [0, 0.05) is 11.3 Å². The molecule has 0 fully saturated rings. The highest BCUT2D eigenvalue weighted by Crippen LogP contribution is 2.21. The Morgan fingerprint density at radius 2 is 1.95 bits per heavy atom. The molecule has 1 aromatic rings. The summed E-state index contributed by atoms with van der Waals surface area (Å²) in [6.07, 6.45) is 1.44. The predicted octanol–water partition coefficient (Wildman–Crippen LogP) is 1.89. The summed E-state index contributed by atoms with van der Waals surface area (Å²) in [4.78, 5) is 11.6. The van der Waals surface area contributed by atoms with Crippen molar-refractivity contribution in [1.29, 1.82) is 0 Å². The molecule has 1 rings (SSSR count). The quantitative estimate of drug-likeness (QED) is 0.640. The number of carbonyl (C=O) groups excluding carboxylic acids is 1. The van der Waals surface area contributed by atoms with Crippen molar-refractivity contribution in [2.24, 2.45) is 10.2 Å². The molecule has 0 aliphatic heterocycles. The first-order valence-electron chi connectivity index (χ1n) is 5.97. The third-order valence-corrected chi connectivity index (χ3v) is 4.02. The molecule has 6 nitrogen and oxygen atoms in total. The first-order chi connectivity index (χ1) is 9.29. The average Bonchev–Trinajstić information content (AvgIpc) is 2.38. The number of hydrazone groups is 1. The van der Waals surface area contributed by atoms with E-state index in [4.69, 9.17) is 16.7 Å². The molecule has 1 aromatic carbocycles. The van der Waals surface area contributed by atoms with Crippen LogP contribution in [0.15, 0.2) is 28.2 Å². The number of amides is 1. The summed E-state index contributed by atoms with van der Waals surface area (Å²) in [6.45, 7) is 3.85. The number of primary sulfonamides is 1. The second-order valence-electron chi connectivity index (χ2n) is 4.02. The number of hydrogen-bond acceptors (Lipinski definition) is 4. The van der Waals surface area contributed by atoms with Gasteiger partial charge in [-0.15, -0.1) is 0 Å². The Balaban J connectivity index is 3.04. The Hall–Kier alpha value is -1.44. The van der Waals surface area contributed by atoms with Crippen LogP contribution in [0.25, 0.3) is 0 Å². The highest BCUT2D eigenvalue weighted by molar-refractivity contribution is 7.89. The zero-order chi connectivity index (χ0) is 15.3. The molecule has 0 spiro atoms.